The molecule has 210 valence electrons. The number of carbonyl (C=O) groups excluding carboxylic acids is 1. The van der Waals surface area contributed by atoms with E-state index in [0.717, 1.165) is 36.1 Å². The molecule has 1 atom stereocenters. The van der Waals surface area contributed by atoms with Crippen LogP contribution in [0, 0.1) is 5.41 Å². The summed E-state index contributed by atoms with van der Waals surface area (Å²) < 4.78 is 31.5. The first-order valence-electron chi connectivity index (χ1n) is 13.7. The summed E-state index contributed by atoms with van der Waals surface area (Å²) in [5.41, 5.74) is 4.62. The number of hydrogen-bond acceptors (Lipinski definition) is 5. The fourth-order valence-electron chi connectivity index (χ4n) is 5.16. The van der Waals surface area contributed by atoms with Crippen LogP contribution in [0.3, 0.4) is 0 Å². The predicted octanol–water partition coefficient (Wildman–Crippen LogP) is 8.86. The molecule has 1 unspecified atom stereocenters. The van der Waals surface area contributed by atoms with Gasteiger partial charge in [0, 0.05) is 11.1 Å². The van der Waals surface area contributed by atoms with Crippen LogP contribution in [0.2, 0.25) is 0 Å². The summed E-state index contributed by atoms with van der Waals surface area (Å²) in [6.07, 6.45) is 5.93. The molecule has 0 radical (unpaired) electrons. The Bertz CT molecular complexity index is 1040. The summed E-state index contributed by atoms with van der Waals surface area (Å²) in [7, 11) is -1.97. The van der Waals surface area contributed by atoms with Gasteiger partial charge in [-0.1, -0.05) is 47.6 Å². The normalized spacial score (nSPS) is 17.5. The van der Waals surface area contributed by atoms with Gasteiger partial charge in [0.1, 0.15) is 10.9 Å². The van der Waals surface area contributed by atoms with Crippen molar-refractivity contribution in [1.29, 1.82) is 0 Å². The lowest BCUT2D eigenvalue weighted by Gasteiger charge is -2.39. The average molecular weight is 535 g/mol. The lowest BCUT2D eigenvalue weighted by molar-refractivity contribution is -0.116. The molecular weight excluding hydrogens is 483 g/mol. The van der Waals surface area contributed by atoms with E-state index in [1.165, 1.54) is 11.1 Å². The number of methoxy groups -OCH3 is 1. The van der Waals surface area contributed by atoms with Crippen LogP contribution in [0.5, 0.6) is 5.75 Å². The highest BCUT2D eigenvalue weighted by atomic mass is 31.2. The first-order chi connectivity index (χ1) is 16.8. The molecule has 6 heteroatoms. The topological polar surface area (TPSA) is 61.8 Å². The van der Waals surface area contributed by atoms with Gasteiger partial charge in [0.25, 0.3) is 0 Å². The minimum Gasteiger partial charge on any atom is -0.496 e. The van der Waals surface area contributed by atoms with Gasteiger partial charge in [0.2, 0.25) is 0 Å². The molecule has 1 aliphatic carbocycles. The van der Waals surface area contributed by atoms with E-state index in [1.54, 1.807) is 54.7 Å². The van der Waals surface area contributed by atoms with Crippen molar-refractivity contribution >= 4 is 19.5 Å². The highest BCUT2D eigenvalue weighted by molar-refractivity contribution is 7.56. The molecule has 0 aromatic heterocycles. The standard InChI is InChI=1S/C31H51O5P/c1-20(2)35-37(33,36-21(3)4)31(11,12)26(32)18-17-22-19-25(30(8,9)10)28(34-13)27-23(22)15-14-16-24(27)29(5,6)7/h17-21,24H,14-16H2,1-13H3/b18-17+. The third-order valence-corrected chi connectivity index (χ3v) is 10.2. The van der Waals surface area contributed by atoms with Crippen molar-refractivity contribution in [3.63, 3.8) is 0 Å². The quantitative estimate of drug-likeness (QED) is 0.234. The van der Waals surface area contributed by atoms with E-state index in [2.05, 4.69) is 47.6 Å². The van der Waals surface area contributed by atoms with Crippen molar-refractivity contribution in [2.24, 2.45) is 5.41 Å². The molecule has 1 aromatic carbocycles. The molecule has 0 saturated heterocycles. The van der Waals surface area contributed by atoms with E-state index in [-0.39, 0.29) is 28.8 Å². The number of ketones is 1. The monoisotopic (exact) mass is 534 g/mol. The molecular formula is C31H51O5P. The zero-order chi connectivity index (χ0) is 28.6. The van der Waals surface area contributed by atoms with Crippen molar-refractivity contribution in [3.8, 4) is 5.75 Å². The average Bonchev–Trinajstić information content (AvgIpc) is 2.73. The van der Waals surface area contributed by atoms with Crippen molar-refractivity contribution in [2.75, 3.05) is 7.11 Å². The lowest BCUT2D eigenvalue weighted by atomic mass is 9.66. The molecule has 37 heavy (non-hydrogen) atoms. The second-order valence-corrected chi connectivity index (χ2v) is 16.1. The molecule has 1 aliphatic rings. The number of carbonyl (C=O) groups is 1. The number of benzene rings is 1. The second kappa shape index (κ2) is 11.4. The molecule has 0 heterocycles. The summed E-state index contributed by atoms with van der Waals surface area (Å²) >= 11 is 0. The molecule has 2 rings (SSSR count). The second-order valence-electron chi connectivity index (χ2n) is 13.6. The number of ether oxygens (including phenoxy) is 1. The van der Waals surface area contributed by atoms with Gasteiger partial charge in [-0.15, -0.1) is 0 Å². The molecule has 0 spiro atoms. The van der Waals surface area contributed by atoms with Crippen LogP contribution in [0.15, 0.2) is 12.1 Å². The molecule has 0 fully saturated rings. The van der Waals surface area contributed by atoms with Crippen LogP contribution in [-0.2, 0) is 30.2 Å². The first-order valence-corrected chi connectivity index (χ1v) is 15.2. The zero-order valence-electron chi connectivity index (χ0n) is 25.6. The zero-order valence-corrected chi connectivity index (χ0v) is 26.5. The number of rotatable bonds is 9. The predicted molar refractivity (Wildman–Crippen MR) is 155 cm³/mol. The number of hydrogen-bond donors (Lipinski definition) is 0. The van der Waals surface area contributed by atoms with E-state index in [4.69, 9.17) is 13.8 Å². The molecule has 0 amide bonds. The smallest absolute Gasteiger partial charge is 0.344 e. The maximum atomic E-state index is 13.8. The minimum absolute atomic E-state index is 0.0762. The van der Waals surface area contributed by atoms with Gasteiger partial charge >= 0.3 is 7.60 Å². The number of fused-ring (bicyclic) bond motifs is 1. The van der Waals surface area contributed by atoms with Gasteiger partial charge in [0.15, 0.2) is 5.78 Å². The largest absolute Gasteiger partial charge is 0.496 e. The molecule has 0 aliphatic heterocycles. The van der Waals surface area contributed by atoms with Crippen molar-refractivity contribution in [2.45, 2.75) is 131 Å². The Morgan fingerprint density at radius 1 is 1.00 bits per heavy atom. The third kappa shape index (κ3) is 6.97. The minimum atomic E-state index is -3.74. The Hall–Kier alpha value is -1.42. The van der Waals surface area contributed by atoms with Gasteiger partial charge in [-0.3, -0.25) is 9.36 Å². The Morgan fingerprint density at radius 3 is 1.97 bits per heavy atom. The third-order valence-electron chi connectivity index (χ3n) is 7.19. The Kier molecular flexibility index (Phi) is 9.76. The van der Waals surface area contributed by atoms with Gasteiger partial charge in [0.05, 0.1) is 19.3 Å². The van der Waals surface area contributed by atoms with E-state index in [1.807, 2.05) is 6.08 Å². The highest BCUT2D eigenvalue weighted by Crippen LogP contribution is 2.62. The SMILES string of the molecule is COc1c(C(C)(C)C)cc(/C=C/C(=O)C(C)(C)P(=O)(OC(C)C)OC(C)C)c2c1C(C(C)(C)C)CCC2. The van der Waals surface area contributed by atoms with E-state index in [9.17, 15) is 9.36 Å². The van der Waals surface area contributed by atoms with Crippen LogP contribution in [0.4, 0.5) is 0 Å². The fraction of sp³-hybridized carbons (Fsp3) is 0.710. The summed E-state index contributed by atoms with van der Waals surface area (Å²) in [6, 6.07) is 2.17. The Balaban J connectivity index is 2.69. The van der Waals surface area contributed by atoms with E-state index >= 15 is 0 Å². The Labute approximate surface area is 226 Å². The number of allylic oxidation sites excluding steroid dienone is 1. The summed E-state index contributed by atoms with van der Waals surface area (Å²) in [5.74, 6) is 1.06. The highest BCUT2D eigenvalue weighted by Gasteiger charge is 2.49. The molecule has 0 bridgehead atoms. The van der Waals surface area contributed by atoms with Crippen molar-refractivity contribution in [3.05, 3.63) is 34.4 Å². The summed E-state index contributed by atoms with van der Waals surface area (Å²) in [4.78, 5) is 13.6. The van der Waals surface area contributed by atoms with Crippen LogP contribution >= 0.6 is 7.60 Å². The lowest BCUT2D eigenvalue weighted by Crippen LogP contribution is -2.34. The summed E-state index contributed by atoms with van der Waals surface area (Å²) in [6.45, 7) is 24.0. The molecule has 1 aromatic rings. The van der Waals surface area contributed by atoms with E-state index < -0.39 is 12.8 Å². The maximum absolute atomic E-state index is 13.8. The van der Waals surface area contributed by atoms with Crippen molar-refractivity contribution in [1.82, 2.24) is 0 Å². The maximum Gasteiger partial charge on any atom is 0.344 e. The van der Waals surface area contributed by atoms with Gasteiger partial charge in [-0.2, -0.15) is 0 Å². The molecule has 0 saturated carbocycles. The van der Waals surface area contributed by atoms with Gasteiger partial charge in [-0.25, -0.2) is 0 Å². The van der Waals surface area contributed by atoms with Crippen LogP contribution < -0.4 is 4.74 Å². The van der Waals surface area contributed by atoms with Crippen LogP contribution in [0.1, 0.15) is 124 Å². The van der Waals surface area contributed by atoms with E-state index in [0.29, 0.717) is 5.92 Å². The Morgan fingerprint density at radius 2 is 1.54 bits per heavy atom. The van der Waals surface area contributed by atoms with Gasteiger partial charge in [-0.05, 0) is 101 Å². The molecule has 5 nitrogen and oxygen atoms in total. The van der Waals surface area contributed by atoms with Crippen LogP contribution in [-0.4, -0.2) is 30.3 Å². The molecule has 0 N–H and O–H groups in total. The fourth-order valence-corrected chi connectivity index (χ4v) is 7.19. The van der Waals surface area contributed by atoms with Gasteiger partial charge < -0.3 is 13.8 Å². The first kappa shape index (κ1) is 31.8. The van der Waals surface area contributed by atoms with Crippen molar-refractivity contribution < 1.29 is 23.1 Å². The van der Waals surface area contributed by atoms with Crippen LogP contribution in [0.25, 0.3) is 6.08 Å². The summed E-state index contributed by atoms with van der Waals surface area (Å²) in [5, 5.41) is -1.33.